The highest BCUT2D eigenvalue weighted by Crippen LogP contribution is 2.18. The summed E-state index contributed by atoms with van der Waals surface area (Å²) in [6.45, 7) is 3.01. The molecule has 16 heavy (non-hydrogen) atoms. The number of hydrogen-bond donors (Lipinski definition) is 2. The molecular weight excluding hydrogens is 231 g/mol. The zero-order valence-electron chi connectivity index (χ0n) is 9.02. The van der Waals surface area contributed by atoms with E-state index in [0.29, 0.717) is 5.69 Å². The number of carbonyl (C=O) groups excluding carboxylic acids is 1. The Kier molecular flexibility index (Phi) is 5.22. The van der Waals surface area contributed by atoms with Crippen LogP contribution >= 0.6 is 11.6 Å². The van der Waals surface area contributed by atoms with Crippen LogP contribution in [0.2, 0.25) is 5.02 Å². The molecule has 1 rings (SSSR count). The second-order valence-corrected chi connectivity index (χ2v) is 3.76. The molecule has 0 unspecified atom stereocenters. The van der Waals surface area contributed by atoms with Gasteiger partial charge in [-0.3, -0.25) is 4.79 Å². The summed E-state index contributed by atoms with van der Waals surface area (Å²) < 4.78 is 13.0. The van der Waals surface area contributed by atoms with Crippen LogP contribution in [0.25, 0.3) is 0 Å². The quantitative estimate of drug-likeness (QED) is 0.781. The highest BCUT2D eigenvalue weighted by molar-refractivity contribution is 6.30. The van der Waals surface area contributed by atoms with E-state index < -0.39 is 5.82 Å². The number of hydrogen-bond acceptors (Lipinski definition) is 2. The minimum atomic E-state index is -0.541. The van der Waals surface area contributed by atoms with Crippen LogP contribution in [0, 0.1) is 5.82 Å². The van der Waals surface area contributed by atoms with E-state index in [0.717, 1.165) is 13.0 Å². The molecule has 88 valence electrons. The molecule has 0 aliphatic rings. The van der Waals surface area contributed by atoms with Gasteiger partial charge in [0, 0.05) is 5.69 Å². The third-order valence-electron chi connectivity index (χ3n) is 1.92. The van der Waals surface area contributed by atoms with Crippen molar-refractivity contribution in [3.63, 3.8) is 0 Å². The Morgan fingerprint density at radius 2 is 2.25 bits per heavy atom. The largest absolute Gasteiger partial charge is 0.325 e. The Morgan fingerprint density at radius 1 is 1.50 bits per heavy atom. The van der Waals surface area contributed by atoms with E-state index in [2.05, 4.69) is 10.6 Å². The molecule has 0 bridgehead atoms. The fraction of sp³-hybridized carbons (Fsp3) is 0.364. The minimum Gasteiger partial charge on any atom is -0.325 e. The summed E-state index contributed by atoms with van der Waals surface area (Å²) in [4.78, 5) is 11.4. The van der Waals surface area contributed by atoms with Gasteiger partial charge in [0.25, 0.3) is 0 Å². The number of amides is 1. The average Bonchev–Trinajstić information content (AvgIpc) is 2.24. The Bertz CT molecular complexity index is 371. The van der Waals surface area contributed by atoms with Crippen molar-refractivity contribution < 1.29 is 9.18 Å². The maximum Gasteiger partial charge on any atom is 0.238 e. The summed E-state index contributed by atoms with van der Waals surface area (Å²) in [5.74, 6) is -0.740. The van der Waals surface area contributed by atoms with Crippen molar-refractivity contribution >= 4 is 23.2 Å². The topological polar surface area (TPSA) is 41.1 Å². The molecule has 1 aromatic carbocycles. The first-order chi connectivity index (χ1) is 7.63. The van der Waals surface area contributed by atoms with Crippen molar-refractivity contribution in [1.82, 2.24) is 5.32 Å². The predicted octanol–water partition coefficient (Wildman–Crippen LogP) is 2.42. The van der Waals surface area contributed by atoms with E-state index in [1.54, 1.807) is 6.07 Å². The van der Waals surface area contributed by atoms with E-state index in [9.17, 15) is 9.18 Å². The van der Waals surface area contributed by atoms with Crippen molar-refractivity contribution in [2.45, 2.75) is 13.3 Å². The predicted molar refractivity (Wildman–Crippen MR) is 63.2 cm³/mol. The Hall–Kier alpha value is -1.13. The van der Waals surface area contributed by atoms with Crippen molar-refractivity contribution in [3.8, 4) is 0 Å². The number of rotatable bonds is 5. The van der Waals surface area contributed by atoms with Crippen LogP contribution in [0.1, 0.15) is 13.3 Å². The summed E-state index contributed by atoms with van der Waals surface area (Å²) in [5.41, 5.74) is 0.408. The van der Waals surface area contributed by atoms with Gasteiger partial charge in [0.2, 0.25) is 5.91 Å². The smallest absolute Gasteiger partial charge is 0.238 e. The molecule has 3 nitrogen and oxygen atoms in total. The van der Waals surface area contributed by atoms with Gasteiger partial charge in [0.05, 0.1) is 11.6 Å². The second-order valence-electron chi connectivity index (χ2n) is 3.35. The zero-order valence-corrected chi connectivity index (χ0v) is 9.77. The molecule has 0 fully saturated rings. The molecule has 0 spiro atoms. The van der Waals surface area contributed by atoms with Gasteiger partial charge in [-0.1, -0.05) is 18.5 Å². The van der Waals surface area contributed by atoms with Crippen LogP contribution in [-0.4, -0.2) is 19.0 Å². The highest BCUT2D eigenvalue weighted by atomic mass is 35.5. The Morgan fingerprint density at radius 3 is 2.88 bits per heavy atom. The summed E-state index contributed by atoms with van der Waals surface area (Å²) in [6.07, 6.45) is 0.961. The Balaban J connectivity index is 2.46. The van der Waals surface area contributed by atoms with Crippen molar-refractivity contribution in [2.75, 3.05) is 18.4 Å². The van der Waals surface area contributed by atoms with E-state index in [4.69, 9.17) is 11.6 Å². The fourth-order valence-corrected chi connectivity index (χ4v) is 1.28. The highest BCUT2D eigenvalue weighted by Gasteiger charge is 2.04. The molecule has 5 heteroatoms. The van der Waals surface area contributed by atoms with Crippen LogP contribution in [0.3, 0.4) is 0 Å². The van der Waals surface area contributed by atoms with Crippen LogP contribution in [0.15, 0.2) is 18.2 Å². The molecule has 0 heterocycles. The van der Waals surface area contributed by atoms with Crippen molar-refractivity contribution in [2.24, 2.45) is 0 Å². The minimum absolute atomic E-state index is 0.0436. The number of anilines is 1. The lowest BCUT2D eigenvalue weighted by Crippen LogP contribution is -2.28. The van der Waals surface area contributed by atoms with Gasteiger partial charge in [-0.2, -0.15) is 0 Å². The third-order valence-corrected chi connectivity index (χ3v) is 2.22. The van der Waals surface area contributed by atoms with Crippen LogP contribution in [-0.2, 0) is 4.79 Å². The molecule has 0 aliphatic heterocycles. The first kappa shape index (κ1) is 12.9. The van der Waals surface area contributed by atoms with Crippen LogP contribution < -0.4 is 10.6 Å². The second kappa shape index (κ2) is 6.45. The first-order valence-corrected chi connectivity index (χ1v) is 5.47. The third kappa shape index (κ3) is 4.16. The number of carbonyl (C=O) groups is 1. The van der Waals surface area contributed by atoms with Gasteiger partial charge < -0.3 is 10.6 Å². The van der Waals surface area contributed by atoms with Gasteiger partial charge in [0.15, 0.2) is 0 Å². The van der Waals surface area contributed by atoms with Crippen molar-refractivity contribution in [3.05, 3.63) is 29.0 Å². The molecule has 0 saturated carbocycles. The zero-order chi connectivity index (χ0) is 12.0. The molecule has 0 atom stereocenters. The summed E-state index contributed by atoms with van der Waals surface area (Å²) in [6, 6.07) is 4.16. The molecule has 2 N–H and O–H groups in total. The molecule has 1 aromatic rings. The van der Waals surface area contributed by atoms with E-state index in [1.807, 2.05) is 6.92 Å². The van der Waals surface area contributed by atoms with Gasteiger partial charge in [-0.25, -0.2) is 4.39 Å². The van der Waals surface area contributed by atoms with Gasteiger partial charge in [-0.15, -0.1) is 0 Å². The average molecular weight is 245 g/mol. The summed E-state index contributed by atoms with van der Waals surface area (Å²) in [5, 5.41) is 5.56. The molecule has 0 aromatic heterocycles. The van der Waals surface area contributed by atoms with Gasteiger partial charge in [0.1, 0.15) is 5.82 Å². The van der Waals surface area contributed by atoms with Crippen LogP contribution in [0.4, 0.5) is 10.1 Å². The number of benzene rings is 1. The van der Waals surface area contributed by atoms with E-state index >= 15 is 0 Å². The number of halogens is 2. The van der Waals surface area contributed by atoms with E-state index in [-0.39, 0.29) is 17.5 Å². The van der Waals surface area contributed by atoms with E-state index in [1.165, 1.54) is 12.1 Å². The molecule has 0 saturated heterocycles. The lowest BCUT2D eigenvalue weighted by Gasteiger charge is -2.06. The maximum atomic E-state index is 13.0. The lowest BCUT2D eigenvalue weighted by molar-refractivity contribution is -0.115. The molecular formula is C11H14ClFN2O. The monoisotopic (exact) mass is 244 g/mol. The Labute approximate surface area is 99.0 Å². The molecule has 1 amide bonds. The first-order valence-electron chi connectivity index (χ1n) is 5.09. The fourth-order valence-electron chi connectivity index (χ4n) is 1.16. The SMILES string of the molecule is CCCNCC(=O)Nc1ccc(Cl)c(F)c1. The standard InChI is InChI=1S/C11H14ClFN2O/c1-2-5-14-7-11(16)15-8-3-4-9(12)10(13)6-8/h3-4,6,14H,2,5,7H2,1H3,(H,15,16). The molecule has 0 radical (unpaired) electrons. The summed E-state index contributed by atoms with van der Waals surface area (Å²) >= 11 is 5.52. The number of nitrogens with one attached hydrogen (secondary N) is 2. The maximum absolute atomic E-state index is 13.0. The van der Waals surface area contributed by atoms with Gasteiger partial charge in [-0.05, 0) is 31.2 Å². The lowest BCUT2D eigenvalue weighted by atomic mass is 10.3. The van der Waals surface area contributed by atoms with Crippen LogP contribution in [0.5, 0.6) is 0 Å². The normalized spacial score (nSPS) is 10.2. The molecule has 0 aliphatic carbocycles. The summed E-state index contributed by atoms with van der Waals surface area (Å²) in [7, 11) is 0. The van der Waals surface area contributed by atoms with Crippen molar-refractivity contribution in [1.29, 1.82) is 0 Å². The van der Waals surface area contributed by atoms with Gasteiger partial charge >= 0.3 is 0 Å².